The van der Waals surface area contributed by atoms with Gasteiger partial charge in [-0.2, -0.15) is 5.10 Å². The molecule has 0 fully saturated rings. The maximum Gasteiger partial charge on any atom is 0.172 e. The predicted octanol–water partition coefficient (Wildman–Crippen LogP) is 1.65. The van der Waals surface area contributed by atoms with E-state index in [0.29, 0.717) is 17.4 Å². The van der Waals surface area contributed by atoms with Crippen molar-refractivity contribution in [1.29, 1.82) is 0 Å². The fraction of sp³-hybridized carbons (Fsp3) is 0.364. The largest absolute Gasteiger partial charge is 0.314 e. The van der Waals surface area contributed by atoms with E-state index in [2.05, 4.69) is 20.4 Å². The summed E-state index contributed by atoms with van der Waals surface area (Å²) in [6.07, 6.45) is 3.40. The van der Waals surface area contributed by atoms with Crippen LogP contribution in [0.15, 0.2) is 12.4 Å². The van der Waals surface area contributed by atoms with Crippen LogP contribution < -0.4 is 5.32 Å². The van der Waals surface area contributed by atoms with Crippen LogP contribution in [-0.2, 0) is 6.54 Å². The first-order chi connectivity index (χ1) is 8.13. The molecular formula is C11H14ClN5. The van der Waals surface area contributed by atoms with Crippen LogP contribution in [-0.4, -0.2) is 26.8 Å². The second-order valence-corrected chi connectivity index (χ2v) is 4.17. The number of nitrogens with zero attached hydrogens (tertiary/aromatic N) is 4. The highest BCUT2D eigenvalue weighted by molar-refractivity contribution is 6.31. The molecule has 2 heterocycles. The topological polar surface area (TPSA) is 55.6 Å². The fourth-order valence-electron chi connectivity index (χ4n) is 1.61. The standard InChI is InChI=1S/C11H14ClN5/c1-7-11(12)8(2)17(16-7)10-6-14-5-9(15-10)4-13-3/h5-6,13H,4H2,1-3H3. The van der Waals surface area contributed by atoms with Gasteiger partial charge in [-0.15, -0.1) is 0 Å². The van der Waals surface area contributed by atoms with E-state index in [1.54, 1.807) is 17.1 Å². The highest BCUT2D eigenvalue weighted by atomic mass is 35.5. The minimum absolute atomic E-state index is 0.672. The van der Waals surface area contributed by atoms with E-state index in [0.717, 1.165) is 17.1 Å². The normalized spacial score (nSPS) is 10.8. The average Bonchev–Trinajstić information content (AvgIpc) is 2.58. The van der Waals surface area contributed by atoms with E-state index in [1.807, 2.05) is 20.9 Å². The highest BCUT2D eigenvalue weighted by Crippen LogP contribution is 2.21. The average molecular weight is 252 g/mol. The summed E-state index contributed by atoms with van der Waals surface area (Å²) in [6, 6.07) is 0. The number of halogens is 1. The zero-order chi connectivity index (χ0) is 12.4. The molecule has 0 radical (unpaired) electrons. The summed E-state index contributed by atoms with van der Waals surface area (Å²) in [5, 5.41) is 8.05. The smallest absolute Gasteiger partial charge is 0.172 e. The minimum Gasteiger partial charge on any atom is -0.314 e. The van der Waals surface area contributed by atoms with Gasteiger partial charge in [-0.1, -0.05) is 11.6 Å². The van der Waals surface area contributed by atoms with E-state index in [1.165, 1.54) is 0 Å². The summed E-state index contributed by atoms with van der Waals surface area (Å²) in [4.78, 5) is 8.62. The van der Waals surface area contributed by atoms with Gasteiger partial charge in [0, 0.05) is 12.7 Å². The Labute approximate surface area is 105 Å². The Morgan fingerprint density at radius 1 is 1.35 bits per heavy atom. The van der Waals surface area contributed by atoms with Crippen LogP contribution in [0.1, 0.15) is 17.1 Å². The Hall–Kier alpha value is -1.46. The molecule has 5 nitrogen and oxygen atoms in total. The lowest BCUT2D eigenvalue weighted by Gasteiger charge is -2.05. The maximum atomic E-state index is 6.11. The van der Waals surface area contributed by atoms with Crippen molar-refractivity contribution in [3.8, 4) is 5.82 Å². The third-order valence-corrected chi connectivity index (χ3v) is 3.00. The maximum absolute atomic E-state index is 6.11. The van der Waals surface area contributed by atoms with Crippen LogP contribution >= 0.6 is 11.6 Å². The van der Waals surface area contributed by atoms with Crippen molar-refractivity contribution >= 4 is 11.6 Å². The molecule has 2 rings (SSSR count). The molecule has 17 heavy (non-hydrogen) atoms. The van der Waals surface area contributed by atoms with Gasteiger partial charge < -0.3 is 5.32 Å². The summed E-state index contributed by atoms with van der Waals surface area (Å²) in [5.74, 6) is 0.685. The van der Waals surface area contributed by atoms with Gasteiger partial charge in [0.2, 0.25) is 0 Å². The third kappa shape index (κ3) is 2.30. The van der Waals surface area contributed by atoms with Crippen molar-refractivity contribution in [3.05, 3.63) is 34.5 Å². The first-order valence-electron chi connectivity index (χ1n) is 5.31. The molecule has 2 aromatic rings. The van der Waals surface area contributed by atoms with Crippen LogP contribution in [0.2, 0.25) is 5.02 Å². The van der Waals surface area contributed by atoms with Gasteiger partial charge in [0.25, 0.3) is 0 Å². The van der Waals surface area contributed by atoms with Gasteiger partial charge >= 0.3 is 0 Å². The lowest BCUT2D eigenvalue weighted by molar-refractivity contribution is 0.749. The van der Waals surface area contributed by atoms with Gasteiger partial charge in [-0.25, -0.2) is 9.67 Å². The molecule has 0 aliphatic carbocycles. The number of aryl methyl sites for hydroxylation is 1. The number of aromatic nitrogens is 4. The van der Waals surface area contributed by atoms with E-state index >= 15 is 0 Å². The highest BCUT2D eigenvalue weighted by Gasteiger charge is 2.11. The van der Waals surface area contributed by atoms with Crippen LogP contribution in [0, 0.1) is 13.8 Å². The molecule has 0 spiro atoms. The second kappa shape index (κ2) is 4.81. The molecule has 0 saturated heterocycles. The number of nitrogens with one attached hydrogen (secondary N) is 1. The Morgan fingerprint density at radius 3 is 2.71 bits per heavy atom. The summed E-state index contributed by atoms with van der Waals surface area (Å²) in [7, 11) is 1.87. The molecule has 6 heteroatoms. The molecule has 90 valence electrons. The summed E-state index contributed by atoms with van der Waals surface area (Å²) in [5.41, 5.74) is 2.54. The Morgan fingerprint density at radius 2 is 2.12 bits per heavy atom. The van der Waals surface area contributed by atoms with Crippen molar-refractivity contribution < 1.29 is 0 Å². The zero-order valence-corrected chi connectivity index (χ0v) is 10.8. The molecule has 0 saturated carbocycles. The van der Waals surface area contributed by atoms with Crippen molar-refractivity contribution in [2.24, 2.45) is 0 Å². The predicted molar refractivity (Wildman–Crippen MR) is 66.4 cm³/mol. The van der Waals surface area contributed by atoms with E-state index in [4.69, 9.17) is 11.6 Å². The minimum atomic E-state index is 0.672. The zero-order valence-electron chi connectivity index (χ0n) is 10.0. The third-order valence-electron chi connectivity index (χ3n) is 2.45. The number of hydrogen-bond acceptors (Lipinski definition) is 4. The van der Waals surface area contributed by atoms with Crippen LogP contribution in [0.3, 0.4) is 0 Å². The first kappa shape index (κ1) is 12.0. The SMILES string of the molecule is CNCc1cncc(-n2nc(C)c(Cl)c2C)n1. The molecular weight excluding hydrogens is 238 g/mol. The lowest BCUT2D eigenvalue weighted by atomic mass is 10.4. The van der Waals surface area contributed by atoms with E-state index in [-0.39, 0.29) is 0 Å². The number of rotatable bonds is 3. The Kier molecular flexibility index (Phi) is 3.40. The van der Waals surface area contributed by atoms with Crippen LogP contribution in [0.4, 0.5) is 0 Å². The lowest BCUT2D eigenvalue weighted by Crippen LogP contribution is -2.10. The van der Waals surface area contributed by atoms with E-state index < -0.39 is 0 Å². The van der Waals surface area contributed by atoms with Crippen molar-refractivity contribution in [3.63, 3.8) is 0 Å². The van der Waals surface area contributed by atoms with Crippen molar-refractivity contribution in [2.45, 2.75) is 20.4 Å². The van der Waals surface area contributed by atoms with Gasteiger partial charge in [0.1, 0.15) is 0 Å². The Balaban J connectivity index is 2.45. The van der Waals surface area contributed by atoms with Gasteiger partial charge in [0.15, 0.2) is 5.82 Å². The molecule has 0 aliphatic heterocycles. The second-order valence-electron chi connectivity index (χ2n) is 3.80. The molecule has 0 aromatic carbocycles. The molecule has 0 unspecified atom stereocenters. The quantitative estimate of drug-likeness (QED) is 0.901. The molecule has 2 aromatic heterocycles. The fourth-order valence-corrected chi connectivity index (χ4v) is 1.73. The van der Waals surface area contributed by atoms with Crippen molar-refractivity contribution in [1.82, 2.24) is 25.1 Å². The Bertz CT molecular complexity index is 535. The summed E-state index contributed by atoms with van der Waals surface area (Å²) < 4.78 is 1.71. The molecule has 0 aliphatic rings. The van der Waals surface area contributed by atoms with Crippen LogP contribution in [0.5, 0.6) is 0 Å². The molecule has 1 N–H and O–H groups in total. The summed E-state index contributed by atoms with van der Waals surface area (Å²) in [6.45, 7) is 4.46. The monoisotopic (exact) mass is 251 g/mol. The van der Waals surface area contributed by atoms with Crippen LogP contribution in [0.25, 0.3) is 5.82 Å². The van der Waals surface area contributed by atoms with Gasteiger partial charge in [-0.3, -0.25) is 4.98 Å². The number of hydrogen-bond donors (Lipinski definition) is 1. The van der Waals surface area contributed by atoms with E-state index in [9.17, 15) is 0 Å². The van der Waals surface area contributed by atoms with Gasteiger partial charge in [0.05, 0.1) is 28.3 Å². The first-order valence-corrected chi connectivity index (χ1v) is 5.69. The van der Waals surface area contributed by atoms with Gasteiger partial charge in [-0.05, 0) is 20.9 Å². The molecule has 0 bridgehead atoms. The van der Waals surface area contributed by atoms with Crippen molar-refractivity contribution in [2.75, 3.05) is 7.05 Å². The molecule has 0 amide bonds. The summed E-state index contributed by atoms with van der Waals surface area (Å²) >= 11 is 6.11. The molecule has 0 atom stereocenters.